The number of fused-ring (bicyclic) bond motifs is 1. The molecule has 3 amide bonds. The summed E-state index contributed by atoms with van der Waals surface area (Å²) in [5, 5.41) is 16.4. The van der Waals surface area contributed by atoms with Crippen LogP contribution < -0.4 is 10.6 Å². The number of nitrogens with one attached hydrogen (secondary N) is 2. The maximum atomic E-state index is 13.4. The topological polar surface area (TPSA) is 119 Å². The maximum absolute atomic E-state index is 13.4. The van der Waals surface area contributed by atoms with Gasteiger partial charge in [-0.1, -0.05) is 55.0 Å². The highest BCUT2D eigenvalue weighted by atomic mass is 16.4. The molecule has 2 aliphatic rings. The summed E-state index contributed by atoms with van der Waals surface area (Å²) < 4.78 is 0. The van der Waals surface area contributed by atoms with Crippen molar-refractivity contribution in [3.8, 4) is 0 Å². The molecule has 1 saturated carbocycles. The van der Waals surface area contributed by atoms with Crippen LogP contribution in [0.15, 0.2) is 54.6 Å². The van der Waals surface area contributed by atoms with Gasteiger partial charge in [0.15, 0.2) is 0 Å². The van der Waals surface area contributed by atoms with Crippen LogP contribution in [0.1, 0.15) is 57.6 Å². The number of carbonyl (C=O) groups is 4. The molecule has 0 radical (unpaired) electrons. The molecule has 0 bridgehead atoms. The number of amides is 3. The Morgan fingerprint density at radius 3 is 2.40 bits per heavy atom. The molecule has 2 fully saturated rings. The van der Waals surface area contributed by atoms with E-state index in [1.807, 2.05) is 0 Å². The van der Waals surface area contributed by atoms with Gasteiger partial charge in [-0.05, 0) is 55.9 Å². The van der Waals surface area contributed by atoms with E-state index in [9.17, 15) is 19.2 Å². The Morgan fingerprint density at radius 1 is 1.02 bits per heavy atom. The van der Waals surface area contributed by atoms with Crippen LogP contribution in [0.5, 0.6) is 0 Å². The molecule has 0 spiro atoms. The zero-order valence-electron chi connectivity index (χ0n) is 23.3. The molecule has 0 aromatic heterocycles. The Kier molecular flexibility index (Phi) is 9.93. The molecule has 9 heteroatoms. The Labute approximate surface area is 235 Å². The summed E-state index contributed by atoms with van der Waals surface area (Å²) in [5.74, 6) is -1.88. The number of rotatable bonds is 11. The van der Waals surface area contributed by atoms with Crippen molar-refractivity contribution < 1.29 is 24.3 Å². The monoisotopic (exact) mass is 548 g/mol. The van der Waals surface area contributed by atoms with Crippen LogP contribution >= 0.6 is 0 Å². The van der Waals surface area contributed by atoms with Crippen LogP contribution in [-0.2, 0) is 19.2 Å². The van der Waals surface area contributed by atoms with Crippen molar-refractivity contribution in [2.45, 2.75) is 64.1 Å². The van der Waals surface area contributed by atoms with E-state index in [-0.39, 0.29) is 42.9 Å². The number of hydrogen-bond acceptors (Lipinski definition) is 5. The van der Waals surface area contributed by atoms with E-state index in [0.29, 0.717) is 0 Å². The van der Waals surface area contributed by atoms with E-state index in [2.05, 4.69) is 64.9 Å². The number of carboxylic acid groups (broad SMARTS) is 1. The predicted molar refractivity (Wildman–Crippen MR) is 153 cm³/mol. The zero-order chi connectivity index (χ0) is 28.6. The molecule has 9 nitrogen and oxygen atoms in total. The van der Waals surface area contributed by atoms with Crippen molar-refractivity contribution in [1.29, 1.82) is 0 Å². The minimum absolute atomic E-state index is 0.0258. The van der Waals surface area contributed by atoms with Gasteiger partial charge in [0.1, 0.15) is 6.04 Å². The minimum atomic E-state index is -1.10. The van der Waals surface area contributed by atoms with Crippen LogP contribution in [0.25, 0.3) is 10.8 Å². The SMILES string of the molecule is CC(NC(=O)CN(C(=O)C1CCC1)C1CCN(C(C)c2cccc3ccccc23)CC1)C(=O)NC/C=C/C(=O)O. The normalized spacial score (nSPS) is 18.1. The predicted octanol–water partition coefficient (Wildman–Crippen LogP) is 3.26. The minimum Gasteiger partial charge on any atom is -0.478 e. The second kappa shape index (κ2) is 13.6. The van der Waals surface area contributed by atoms with E-state index in [1.54, 1.807) is 11.8 Å². The third-order valence-electron chi connectivity index (χ3n) is 8.24. The standard InChI is InChI=1S/C31H40N4O5/c1-21(30(39)32-17-7-14-29(37)38)33-28(36)20-35(31(40)24-10-5-11-24)25-15-18-34(19-16-25)22(2)26-13-6-9-23-8-3-4-12-27(23)26/h3-4,6-9,12-14,21-22,24-25H,5,10-11,15-20H2,1-2H3,(H,32,39)(H,33,36)(H,37,38)/b14-7+. The smallest absolute Gasteiger partial charge is 0.328 e. The summed E-state index contributed by atoms with van der Waals surface area (Å²) in [4.78, 5) is 53.4. The summed E-state index contributed by atoms with van der Waals surface area (Å²) in [6.07, 6.45) is 6.58. The van der Waals surface area contributed by atoms with Gasteiger partial charge in [0.2, 0.25) is 17.7 Å². The van der Waals surface area contributed by atoms with E-state index in [0.717, 1.165) is 51.3 Å². The summed E-state index contributed by atoms with van der Waals surface area (Å²) in [6, 6.07) is 14.2. The highest BCUT2D eigenvalue weighted by Crippen LogP contribution is 2.33. The number of carbonyl (C=O) groups excluding carboxylic acids is 3. The van der Waals surface area contributed by atoms with Crippen LogP contribution in [0.4, 0.5) is 0 Å². The molecule has 1 aliphatic carbocycles. The summed E-state index contributed by atoms with van der Waals surface area (Å²) >= 11 is 0. The van der Waals surface area contributed by atoms with Crippen LogP contribution in [0.3, 0.4) is 0 Å². The number of aliphatic carboxylic acids is 1. The molecule has 2 unspecified atom stereocenters. The first-order valence-corrected chi connectivity index (χ1v) is 14.2. The van der Waals surface area contributed by atoms with Crippen molar-refractivity contribution in [1.82, 2.24) is 20.4 Å². The van der Waals surface area contributed by atoms with E-state index in [4.69, 9.17) is 5.11 Å². The molecule has 3 N–H and O–H groups in total. The third-order valence-corrected chi connectivity index (χ3v) is 8.24. The fourth-order valence-electron chi connectivity index (χ4n) is 5.65. The lowest BCUT2D eigenvalue weighted by Crippen LogP contribution is -2.55. The Bertz CT molecular complexity index is 1240. The molecular weight excluding hydrogens is 508 g/mol. The van der Waals surface area contributed by atoms with Gasteiger partial charge in [-0.3, -0.25) is 19.3 Å². The van der Waals surface area contributed by atoms with Crippen molar-refractivity contribution in [2.24, 2.45) is 5.92 Å². The van der Waals surface area contributed by atoms with Crippen molar-refractivity contribution in [3.05, 3.63) is 60.2 Å². The van der Waals surface area contributed by atoms with Gasteiger partial charge in [-0.15, -0.1) is 0 Å². The second-order valence-corrected chi connectivity index (χ2v) is 10.9. The molecule has 1 heterocycles. The highest BCUT2D eigenvalue weighted by Gasteiger charge is 2.36. The Hall–Kier alpha value is -3.72. The summed E-state index contributed by atoms with van der Waals surface area (Å²) in [7, 11) is 0. The molecule has 1 aliphatic heterocycles. The summed E-state index contributed by atoms with van der Waals surface area (Å²) in [5.41, 5.74) is 1.30. The van der Waals surface area contributed by atoms with Crippen molar-refractivity contribution in [2.75, 3.05) is 26.2 Å². The molecule has 1 saturated heterocycles. The average Bonchev–Trinajstić information content (AvgIpc) is 2.92. The quantitative estimate of drug-likeness (QED) is 0.371. The lowest BCUT2D eigenvalue weighted by atomic mass is 9.83. The van der Waals surface area contributed by atoms with Gasteiger partial charge in [0.25, 0.3) is 0 Å². The largest absolute Gasteiger partial charge is 0.478 e. The van der Waals surface area contributed by atoms with Gasteiger partial charge in [0, 0.05) is 43.7 Å². The number of benzene rings is 2. The van der Waals surface area contributed by atoms with E-state index < -0.39 is 17.9 Å². The van der Waals surface area contributed by atoms with Crippen LogP contribution in [-0.4, -0.2) is 76.9 Å². The van der Waals surface area contributed by atoms with Gasteiger partial charge in [-0.25, -0.2) is 4.79 Å². The maximum Gasteiger partial charge on any atom is 0.328 e. The molecule has 4 rings (SSSR count). The lowest BCUT2D eigenvalue weighted by Gasteiger charge is -2.42. The molecular formula is C31H40N4O5. The van der Waals surface area contributed by atoms with Gasteiger partial charge in [0.05, 0.1) is 6.54 Å². The molecule has 214 valence electrons. The van der Waals surface area contributed by atoms with Gasteiger partial charge >= 0.3 is 5.97 Å². The first kappa shape index (κ1) is 29.3. The van der Waals surface area contributed by atoms with Crippen LogP contribution in [0.2, 0.25) is 0 Å². The number of piperidine rings is 1. The number of hydrogen-bond donors (Lipinski definition) is 3. The summed E-state index contributed by atoms with van der Waals surface area (Å²) in [6.45, 7) is 5.43. The van der Waals surface area contributed by atoms with Gasteiger partial charge in [-0.2, -0.15) is 0 Å². The third kappa shape index (κ3) is 7.27. The van der Waals surface area contributed by atoms with Crippen LogP contribution in [0, 0.1) is 5.92 Å². The van der Waals surface area contributed by atoms with E-state index in [1.165, 1.54) is 22.4 Å². The average molecular weight is 549 g/mol. The molecule has 2 atom stereocenters. The lowest BCUT2D eigenvalue weighted by molar-refractivity contribution is -0.145. The number of carboxylic acids is 1. The zero-order valence-corrected chi connectivity index (χ0v) is 23.3. The highest BCUT2D eigenvalue weighted by molar-refractivity contribution is 5.91. The van der Waals surface area contributed by atoms with E-state index >= 15 is 0 Å². The second-order valence-electron chi connectivity index (χ2n) is 10.9. The fraction of sp³-hybridized carbons (Fsp3) is 0.484. The van der Waals surface area contributed by atoms with Crippen molar-refractivity contribution in [3.63, 3.8) is 0 Å². The first-order chi connectivity index (χ1) is 19.2. The Balaban J connectivity index is 1.35. The molecule has 40 heavy (non-hydrogen) atoms. The fourth-order valence-corrected chi connectivity index (χ4v) is 5.65. The number of nitrogens with zero attached hydrogens (tertiary/aromatic N) is 2. The molecule has 2 aromatic carbocycles. The first-order valence-electron chi connectivity index (χ1n) is 14.2. The Morgan fingerprint density at radius 2 is 1.73 bits per heavy atom. The number of likely N-dealkylation sites (tertiary alicyclic amines) is 1. The van der Waals surface area contributed by atoms with Gasteiger partial charge < -0.3 is 20.6 Å². The van der Waals surface area contributed by atoms with Crippen molar-refractivity contribution >= 4 is 34.5 Å². The molecule has 2 aromatic rings.